The van der Waals surface area contributed by atoms with Crippen LogP contribution in [0.2, 0.25) is 5.28 Å². The Kier molecular flexibility index (Phi) is 4.22. The third-order valence-corrected chi connectivity index (χ3v) is 3.91. The van der Waals surface area contributed by atoms with Gasteiger partial charge < -0.3 is 4.90 Å². The van der Waals surface area contributed by atoms with Crippen LogP contribution in [0.15, 0.2) is 10.7 Å². The number of rotatable bonds is 2. The van der Waals surface area contributed by atoms with Crippen LogP contribution in [0.1, 0.15) is 13.8 Å². The third kappa shape index (κ3) is 2.89. The molecule has 1 aliphatic heterocycles. The van der Waals surface area contributed by atoms with Crippen molar-refractivity contribution in [1.82, 2.24) is 14.9 Å². The molecule has 0 saturated carbocycles. The lowest BCUT2D eigenvalue weighted by molar-refractivity contribution is 0.199. The van der Waals surface area contributed by atoms with Crippen molar-refractivity contribution in [3.63, 3.8) is 0 Å². The predicted octanol–water partition coefficient (Wildman–Crippen LogP) is 2.42. The SMILES string of the molecule is CCN1CCN(c2nc(Cl)ncc2Br)CC1C. The average molecular weight is 320 g/mol. The summed E-state index contributed by atoms with van der Waals surface area (Å²) in [5.41, 5.74) is 0. The first-order chi connectivity index (χ1) is 8.11. The fraction of sp³-hybridized carbons (Fsp3) is 0.636. The molecule has 0 amide bonds. The van der Waals surface area contributed by atoms with Gasteiger partial charge in [-0.2, -0.15) is 4.98 Å². The topological polar surface area (TPSA) is 32.3 Å². The lowest BCUT2D eigenvalue weighted by Crippen LogP contribution is -2.52. The van der Waals surface area contributed by atoms with Crippen molar-refractivity contribution in [2.75, 3.05) is 31.1 Å². The van der Waals surface area contributed by atoms with Crippen molar-refractivity contribution >= 4 is 33.3 Å². The summed E-state index contributed by atoms with van der Waals surface area (Å²) < 4.78 is 0.902. The zero-order valence-electron chi connectivity index (χ0n) is 10.0. The summed E-state index contributed by atoms with van der Waals surface area (Å²) >= 11 is 9.33. The molecule has 2 heterocycles. The van der Waals surface area contributed by atoms with Crippen molar-refractivity contribution in [1.29, 1.82) is 0 Å². The van der Waals surface area contributed by atoms with E-state index >= 15 is 0 Å². The molecular formula is C11H16BrClN4. The van der Waals surface area contributed by atoms with Gasteiger partial charge >= 0.3 is 0 Å². The lowest BCUT2D eigenvalue weighted by atomic mass is 10.2. The van der Waals surface area contributed by atoms with Crippen LogP contribution >= 0.6 is 27.5 Å². The van der Waals surface area contributed by atoms with E-state index in [2.05, 4.69) is 49.5 Å². The van der Waals surface area contributed by atoms with Gasteiger partial charge in [-0.15, -0.1) is 0 Å². The Morgan fingerprint density at radius 3 is 2.94 bits per heavy atom. The first kappa shape index (κ1) is 13.1. The molecule has 17 heavy (non-hydrogen) atoms. The van der Waals surface area contributed by atoms with Crippen molar-refractivity contribution in [2.45, 2.75) is 19.9 Å². The number of likely N-dealkylation sites (N-methyl/N-ethyl adjacent to an activating group) is 1. The van der Waals surface area contributed by atoms with E-state index in [9.17, 15) is 0 Å². The monoisotopic (exact) mass is 318 g/mol. The molecule has 1 atom stereocenters. The zero-order chi connectivity index (χ0) is 12.4. The van der Waals surface area contributed by atoms with Crippen molar-refractivity contribution in [3.8, 4) is 0 Å². The predicted molar refractivity (Wildman–Crippen MR) is 73.7 cm³/mol. The molecule has 0 spiro atoms. The Hall–Kier alpha value is -0.390. The molecule has 1 aromatic heterocycles. The quantitative estimate of drug-likeness (QED) is 0.784. The highest BCUT2D eigenvalue weighted by Crippen LogP contribution is 2.26. The van der Waals surface area contributed by atoms with Crippen LogP contribution in [0.5, 0.6) is 0 Å². The van der Waals surface area contributed by atoms with Gasteiger partial charge in [-0.3, -0.25) is 4.90 Å². The largest absolute Gasteiger partial charge is 0.353 e. The summed E-state index contributed by atoms with van der Waals surface area (Å²) in [6, 6.07) is 0.536. The van der Waals surface area contributed by atoms with E-state index < -0.39 is 0 Å². The number of hydrogen-bond donors (Lipinski definition) is 0. The molecule has 1 aliphatic rings. The van der Waals surface area contributed by atoms with Gasteiger partial charge in [-0.05, 0) is 41.0 Å². The second-order valence-electron chi connectivity index (χ2n) is 4.23. The van der Waals surface area contributed by atoms with Crippen molar-refractivity contribution in [3.05, 3.63) is 16.0 Å². The molecule has 1 fully saturated rings. The van der Waals surface area contributed by atoms with Crippen LogP contribution in [-0.4, -0.2) is 47.1 Å². The smallest absolute Gasteiger partial charge is 0.224 e. The number of piperazine rings is 1. The molecule has 2 rings (SSSR count). The first-order valence-electron chi connectivity index (χ1n) is 5.79. The third-order valence-electron chi connectivity index (χ3n) is 3.17. The molecule has 1 unspecified atom stereocenters. The van der Waals surface area contributed by atoms with Gasteiger partial charge in [0.2, 0.25) is 5.28 Å². The summed E-state index contributed by atoms with van der Waals surface area (Å²) in [6.45, 7) is 8.55. The maximum atomic E-state index is 5.85. The normalized spacial score (nSPS) is 21.9. The molecule has 0 bridgehead atoms. The minimum Gasteiger partial charge on any atom is -0.353 e. The summed E-state index contributed by atoms with van der Waals surface area (Å²) in [6.07, 6.45) is 1.71. The highest BCUT2D eigenvalue weighted by molar-refractivity contribution is 9.10. The first-order valence-corrected chi connectivity index (χ1v) is 6.96. The summed E-state index contributed by atoms with van der Waals surface area (Å²) in [5.74, 6) is 0.896. The van der Waals surface area contributed by atoms with Crippen LogP contribution in [-0.2, 0) is 0 Å². The van der Waals surface area contributed by atoms with Gasteiger partial charge in [0, 0.05) is 31.9 Å². The van der Waals surface area contributed by atoms with E-state index in [1.807, 2.05) is 0 Å². The molecule has 94 valence electrons. The van der Waals surface area contributed by atoms with Crippen LogP contribution in [0.25, 0.3) is 0 Å². The zero-order valence-corrected chi connectivity index (χ0v) is 12.4. The summed E-state index contributed by atoms with van der Waals surface area (Å²) in [5, 5.41) is 0.300. The molecule has 1 saturated heterocycles. The fourth-order valence-corrected chi connectivity index (χ4v) is 2.79. The van der Waals surface area contributed by atoms with E-state index in [4.69, 9.17) is 11.6 Å². The number of halogens is 2. The standard InChI is InChI=1S/C11H16BrClN4/c1-3-16-4-5-17(7-8(16)2)10-9(12)6-14-11(13)15-10/h6,8H,3-5,7H2,1-2H3. The molecule has 1 aromatic rings. The van der Waals surface area contributed by atoms with Gasteiger partial charge in [0.05, 0.1) is 4.47 Å². The molecule has 0 aliphatic carbocycles. The average Bonchev–Trinajstić information content (AvgIpc) is 2.32. The molecule has 0 radical (unpaired) electrons. The van der Waals surface area contributed by atoms with Crippen molar-refractivity contribution in [2.24, 2.45) is 0 Å². The van der Waals surface area contributed by atoms with E-state index in [0.29, 0.717) is 11.3 Å². The molecule has 4 nitrogen and oxygen atoms in total. The summed E-state index contributed by atoms with van der Waals surface area (Å²) in [4.78, 5) is 13.0. The fourth-order valence-electron chi connectivity index (χ4n) is 2.22. The molecule has 0 aromatic carbocycles. The summed E-state index contributed by atoms with van der Waals surface area (Å²) in [7, 11) is 0. The Labute approximate surface area is 115 Å². The van der Waals surface area contributed by atoms with Gasteiger partial charge in [0.15, 0.2) is 0 Å². The molecule has 0 N–H and O–H groups in total. The van der Waals surface area contributed by atoms with E-state index in [1.54, 1.807) is 6.20 Å². The van der Waals surface area contributed by atoms with Crippen LogP contribution in [0.4, 0.5) is 5.82 Å². The van der Waals surface area contributed by atoms with Gasteiger partial charge in [-0.1, -0.05) is 6.92 Å². The van der Waals surface area contributed by atoms with E-state index in [0.717, 1.165) is 36.5 Å². The Balaban J connectivity index is 2.16. The highest BCUT2D eigenvalue weighted by atomic mass is 79.9. The van der Waals surface area contributed by atoms with Crippen LogP contribution in [0, 0.1) is 0 Å². The minimum atomic E-state index is 0.300. The Bertz CT molecular complexity index is 401. The number of aromatic nitrogens is 2. The number of hydrogen-bond acceptors (Lipinski definition) is 4. The number of anilines is 1. The maximum absolute atomic E-state index is 5.85. The molecular weight excluding hydrogens is 304 g/mol. The van der Waals surface area contributed by atoms with Crippen LogP contribution in [0.3, 0.4) is 0 Å². The molecule has 6 heteroatoms. The Morgan fingerprint density at radius 1 is 1.53 bits per heavy atom. The van der Waals surface area contributed by atoms with Gasteiger partial charge in [-0.25, -0.2) is 4.98 Å². The second kappa shape index (κ2) is 5.50. The van der Waals surface area contributed by atoms with Gasteiger partial charge in [0.25, 0.3) is 0 Å². The van der Waals surface area contributed by atoms with Gasteiger partial charge in [0.1, 0.15) is 5.82 Å². The minimum absolute atomic E-state index is 0.300. The highest BCUT2D eigenvalue weighted by Gasteiger charge is 2.24. The van der Waals surface area contributed by atoms with E-state index in [-0.39, 0.29) is 0 Å². The second-order valence-corrected chi connectivity index (χ2v) is 5.43. The van der Waals surface area contributed by atoms with Crippen LogP contribution < -0.4 is 4.90 Å². The van der Waals surface area contributed by atoms with E-state index in [1.165, 1.54) is 0 Å². The lowest BCUT2D eigenvalue weighted by Gasteiger charge is -2.40. The van der Waals surface area contributed by atoms with Crippen molar-refractivity contribution < 1.29 is 0 Å². The maximum Gasteiger partial charge on any atom is 0.224 e. The Morgan fingerprint density at radius 2 is 2.29 bits per heavy atom. The number of nitrogens with zero attached hydrogens (tertiary/aromatic N) is 4.